The van der Waals surface area contributed by atoms with Crippen LogP contribution in [0.4, 0.5) is 11.4 Å². The highest BCUT2D eigenvalue weighted by molar-refractivity contribution is 6.34. The zero-order chi connectivity index (χ0) is 23.2. The van der Waals surface area contributed by atoms with Crippen LogP contribution in [0.1, 0.15) is 34.3 Å². The summed E-state index contributed by atoms with van der Waals surface area (Å²) in [6, 6.07) is 21.7. The van der Waals surface area contributed by atoms with Crippen molar-refractivity contribution in [2.45, 2.75) is 32.0 Å². The van der Waals surface area contributed by atoms with Crippen LogP contribution in [0, 0.1) is 6.92 Å². The van der Waals surface area contributed by atoms with Crippen LogP contribution in [0.15, 0.2) is 72.8 Å². The summed E-state index contributed by atoms with van der Waals surface area (Å²) in [5.41, 5.74) is 1.63. The average Bonchev–Trinajstić information content (AvgIpc) is 3.17. The van der Waals surface area contributed by atoms with Crippen LogP contribution < -0.4 is 10.2 Å². The number of halogens is 1. The van der Waals surface area contributed by atoms with Gasteiger partial charge in [-0.1, -0.05) is 60.1 Å². The first-order valence-corrected chi connectivity index (χ1v) is 11.2. The van der Waals surface area contributed by atoms with Gasteiger partial charge in [-0.05, 0) is 42.3 Å². The van der Waals surface area contributed by atoms with E-state index in [1.54, 1.807) is 36.4 Å². The predicted octanol–water partition coefficient (Wildman–Crippen LogP) is 4.77. The normalized spacial score (nSPS) is 19.3. The van der Waals surface area contributed by atoms with Gasteiger partial charge >= 0.3 is 0 Å². The van der Waals surface area contributed by atoms with E-state index in [1.807, 2.05) is 43.3 Å². The smallest absolute Gasteiger partial charge is 0.271 e. The summed E-state index contributed by atoms with van der Waals surface area (Å²) < 4.78 is 0. The monoisotopic (exact) mass is 459 g/mol. The molecule has 6 nitrogen and oxygen atoms in total. The van der Waals surface area contributed by atoms with Crippen molar-refractivity contribution in [2.75, 3.05) is 10.2 Å². The lowest BCUT2D eigenvalue weighted by Gasteiger charge is -2.49. The first-order chi connectivity index (χ1) is 15.9. The number of carbonyl (C=O) groups excluding carboxylic acids is 3. The maximum Gasteiger partial charge on any atom is 0.271 e. The Morgan fingerprint density at radius 3 is 2.52 bits per heavy atom. The molecule has 0 aliphatic carbocycles. The summed E-state index contributed by atoms with van der Waals surface area (Å²) in [5, 5.41) is 3.29. The summed E-state index contributed by atoms with van der Waals surface area (Å²) in [7, 11) is 0. The van der Waals surface area contributed by atoms with Gasteiger partial charge in [0.15, 0.2) is 0 Å². The number of aryl methyl sites for hydroxylation is 1. The van der Waals surface area contributed by atoms with E-state index >= 15 is 0 Å². The standard InChI is InChI=1S/C26H22ClN3O3/c1-17-11-12-21(20(27)15-17)28-25(33)26-14-13-23(31)30(26)22-10-6-5-9-19(22)24(32)29(26)16-18-7-3-2-4-8-18/h2-12,15H,13-14,16H2,1H3,(H,28,33). The molecule has 2 aliphatic heterocycles. The fourth-order valence-corrected chi connectivity index (χ4v) is 5.00. The van der Waals surface area contributed by atoms with Crippen LogP contribution in [-0.4, -0.2) is 28.3 Å². The van der Waals surface area contributed by atoms with E-state index in [2.05, 4.69) is 5.32 Å². The molecule has 3 amide bonds. The second-order valence-electron chi connectivity index (χ2n) is 8.38. The quantitative estimate of drug-likeness (QED) is 0.611. The van der Waals surface area contributed by atoms with E-state index in [0.717, 1.165) is 11.1 Å². The Kier molecular flexibility index (Phi) is 5.17. The number of carbonyl (C=O) groups is 3. The molecule has 0 saturated carbocycles. The molecule has 33 heavy (non-hydrogen) atoms. The first kappa shape index (κ1) is 21.2. The third-order valence-corrected chi connectivity index (χ3v) is 6.61. The summed E-state index contributed by atoms with van der Waals surface area (Å²) in [5.74, 6) is -0.943. The molecule has 0 radical (unpaired) electrons. The van der Waals surface area contributed by atoms with E-state index in [-0.39, 0.29) is 31.2 Å². The van der Waals surface area contributed by atoms with Crippen LogP contribution in [0.25, 0.3) is 0 Å². The molecule has 1 unspecified atom stereocenters. The zero-order valence-electron chi connectivity index (χ0n) is 18.0. The third-order valence-electron chi connectivity index (χ3n) is 6.29. The molecule has 1 fully saturated rings. The van der Waals surface area contributed by atoms with E-state index < -0.39 is 11.6 Å². The van der Waals surface area contributed by atoms with Crippen LogP contribution >= 0.6 is 11.6 Å². The van der Waals surface area contributed by atoms with Gasteiger partial charge in [-0.2, -0.15) is 0 Å². The van der Waals surface area contributed by atoms with Crippen LogP contribution in [0.2, 0.25) is 5.02 Å². The number of nitrogens with one attached hydrogen (secondary N) is 1. The number of hydrogen-bond donors (Lipinski definition) is 1. The summed E-state index contributed by atoms with van der Waals surface area (Å²) in [6.07, 6.45) is 0.343. The molecule has 3 aromatic rings. The van der Waals surface area contributed by atoms with Crippen LogP contribution in [-0.2, 0) is 16.1 Å². The molecule has 1 atom stereocenters. The fraction of sp³-hybridized carbons (Fsp3) is 0.192. The Morgan fingerprint density at radius 2 is 1.76 bits per heavy atom. The zero-order valence-corrected chi connectivity index (χ0v) is 18.8. The summed E-state index contributed by atoms with van der Waals surface area (Å²) in [4.78, 5) is 43.8. The number of para-hydroxylation sites is 1. The van der Waals surface area contributed by atoms with Gasteiger partial charge in [0, 0.05) is 19.4 Å². The van der Waals surface area contributed by atoms with E-state index in [0.29, 0.717) is 22.0 Å². The summed E-state index contributed by atoms with van der Waals surface area (Å²) in [6.45, 7) is 2.10. The molecule has 166 valence electrons. The van der Waals surface area contributed by atoms with Gasteiger partial charge in [0.1, 0.15) is 0 Å². The van der Waals surface area contributed by atoms with Gasteiger partial charge in [-0.3, -0.25) is 19.3 Å². The highest BCUT2D eigenvalue weighted by Crippen LogP contribution is 2.45. The fourth-order valence-electron chi connectivity index (χ4n) is 4.71. The Morgan fingerprint density at radius 1 is 1.03 bits per heavy atom. The van der Waals surface area contributed by atoms with Gasteiger partial charge < -0.3 is 10.2 Å². The molecule has 1 N–H and O–H groups in total. The Balaban J connectivity index is 1.65. The molecule has 2 heterocycles. The number of anilines is 2. The maximum absolute atomic E-state index is 14.0. The lowest BCUT2D eigenvalue weighted by atomic mass is 9.94. The Labute approximate surface area is 196 Å². The summed E-state index contributed by atoms with van der Waals surface area (Å²) >= 11 is 6.38. The minimum atomic E-state index is -1.49. The molecule has 0 spiro atoms. The molecule has 0 aromatic heterocycles. The van der Waals surface area contributed by atoms with Crippen molar-refractivity contribution in [1.82, 2.24) is 4.90 Å². The average molecular weight is 460 g/mol. The van der Waals surface area contributed by atoms with Crippen molar-refractivity contribution >= 4 is 40.7 Å². The molecule has 5 rings (SSSR count). The number of amides is 3. The van der Waals surface area contributed by atoms with Gasteiger partial charge in [0.25, 0.3) is 11.8 Å². The molecule has 3 aromatic carbocycles. The highest BCUT2D eigenvalue weighted by atomic mass is 35.5. The second kappa shape index (κ2) is 8.05. The molecule has 2 aliphatic rings. The minimum absolute atomic E-state index is 0.155. The Hall–Kier alpha value is -3.64. The van der Waals surface area contributed by atoms with Crippen molar-refractivity contribution in [3.05, 3.63) is 94.5 Å². The predicted molar refractivity (Wildman–Crippen MR) is 127 cm³/mol. The van der Waals surface area contributed by atoms with Crippen molar-refractivity contribution in [3.8, 4) is 0 Å². The van der Waals surface area contributed by atoms with E-state index in [4.69, 9.17) is 11.6 Å². The minimum Gasteiger partial charge on any atom is -0.321 e. The van der Waals surface area contributed by atoms with Crippen molar-refractivity contribution in [3.63, 3.8) is 0 Å². The number of benzene rings is 3. The lowest BCUT2D eigenvalue weighted by Crippen LogP contribution is -2.69. The Bertz CT molecular complexity index is 1280. The first-order valence-electron chi connectivity index (χ1n) is 10.8. The maximum atomic E-state index is 14.0. The van der Waals surface area contributed by atoms with Crippen molar-refractivity contribution in [1.29, 1.82) is 0 Å². The number of fused-ring (bicyclic) bond motifs is 3. The number of nitrogens with zero attached hydrogens (tertiary/aromatic N) is 2. The van der Waals surface area contributed by atoms with E-state index in [9.17, 15) is 14.4 Å². The SMILES string of the molecule is Cc1ccc(NC(=O)C23CCC(=O)N2c2ccccc2C(=O)N3Cc2ccccc2)c(Cl)c1. The topological polar surface area (TPSA) is 69.7 Å². The van der Waals surface area contributed by atoms with Gasteiger partial charge in [0.05, 0.1) is 22.0 Å². The number of rotatable bonds is 4. The highest BCUT2D eigenvalue weighted by Gasteiger charge is 2.60. The van der Waals surface area contributed by atoms with Crippen LogP contribution in [0.5, 0.6) is 0 Å². The largest absolute Gasteiger partial charge is 0.321 e. The molecular weight excluding hydrogens is 438 g/mol. The van der Waals surface area contributed by atoms with Gasteiger partial charge in [-0.25, -0.2) is 0 Å². The van der Waals surface area contributed by atoms with Crippen molar-refractivity contribution < 1.29 is 14.4 Å². The second-order valence-corrected chi connectivity index (χ2v) is 8.78. The van der Waals surface area contributed by atoms with Crippen molar-refractivity contribution in [2.24, 2.45) is 0 Å². The molecule has 0 bridgehead atoms. The number of hydrogen-bond acceptors (Lipinski definition) is 3. The molecular formula is C26H22ClN3O3. The van der Waals surface area contributed by atoms with Gasteiger partial charge in [-0.15, -0.1) is 0 Å². The molecule has 1 saturated heterocycles. The molecule has 7 heteroatoms. The van der Waals surface area contributed by atoms with E-state index in [1.165, 1.54) is 9.80 Å². The van der Waals surface area contributed by atoms with Crippen LogP contribution in [0.3, 0.4) is 0 Å². The van der Waals surface area contributed by atoms with Gasteiger partial charge in [0.2, 0.25) is 11.6 Å². The third kappa shape index (κ3) is 3.38. The lowest BCUT2D eigenvalue weighted by molar-refractivity contribution is -0.129.